The molecule has 3 rings (SSSR count). The van der Waals surface area contributed by atoms with Crippen LogP contribution in [0, 0.1) is 0 Å². The van der Waals surface area contributed by atoms with Gasteiger partial charge in [0.25, 0.3) is 0 Å². The van der Waals surface area contributed by atoms with Crippen LogP contribution in [0.4, 0.5) is 0 Å². The van der Waals surface area contributed by atoms with Gasteiger partial charge in [0.05, 0.1) is 12.5 Å². The van der Waals surface area contributed by atoms with Gasteiger partial charge in [-0.1, -0.05) is 31.0 Å². The van der Waals surface area contributed by atoms with Gasteiger partial charge in [0, 0.05) is 11.4 Å². The van der Waals surface area contributed by atoms with Gasteiger partial charge in [-0.05, 0) is 48.4 Å². The molecular formula is C19H23NO2S. The molecule has 2 aromatic rings. The summed E-state index contributed by atoms with van der Waals surface area (Å²) < 4.78 is 5.24. The molecule has 3 nitrogen and oxygen atoms in total. The van der Waals surface area contributed by atoms with Crippen LogP contribution < -0.4 is 10.1 Å². The van der Waals surface area contributed by atoms with E-state index in [9.17, 15) is 4.79 Å². The highest BCUT2D eigenvalue weighted by atomic mass is 32.1. The van der Waals surface area contributed by atoms with E-state index < -0.39 is 0 Å². The topological polar surface area (TPSA) is 38.3 Å². The van der Waals surface area contributed by atoms with Crippen LogP contribution in [0.5, 0.6) is 5.75 Å². The second kappa shape index (κ2) is 7.18. The molecule has 1 aliphatic carbocycles. The third kappa shape index (κ3) is 3.42. The first-order valence-corrected chi connectivity index (χ1v) is 9.08. The number of methoxy groups -OCH3 is 1. The third-order valence-corrected chi connectivity index (χ3v) is 5.79. The molecule has 0 unspecified atom stereocenters. The second-order valence-electron chi connectivity index (χ2n) is 6.12. The normalized spacial score (nSPS) is 16.2. The van der Waals surface area contributed by atoms with Crippen LogP contribution in [-0.2, 0) is 16.6 Å². The van der Waals surface area contributed by atoms with Crippen molar-refractivity contribution >= 4 is 17.2 Å². The van der Waals surface area contributed by atoms with Crippen molar-refractivity contribution in [2.24, 2.45) is 0 Å². The molecule has 0 spiro atoms. The summed E-state index contributed by atoms with van der Waals surface area (Å²) in [5.74, 6) is 1.06. The van der Waals surface area contributed by atoms with E-state index in [2.05, 4.69) is 22.8 Å². The zero-order valence-electron chi connectivity index (χ0n) is 13.5. The quantitative estimate of drug-likeness (QED) is 0.872. The Morgan fingerprint density at radius 1 is 1.26 bits per heavy atom. The minimum absolute atomic E-state index is 0.195. The number of thiophene rings is 1. The maximum absolute atomic E-state index is 12.8. The number of carbonyl (C=O) groups excluding carboxylic acids is 1. The molecule has 1 aromatic carbocycles. The zero-order chi connectivity index (χ0) is 16.1. The average molecular weight is 329 g/mol. The van der Waals surface area contributed by atoms with Gasteiger partial charge in [0.2, 0.25) is 5.91 Å². The van der Waals surface area contributed by atoms with Gasteiger partial charge in [-0.2, -0.15) is 0 Å². The highest BCUT2D eigenvalue weighted by Crippen LogP contribution is 2.43. The summed E-state index contributed by atoms with van der Waals surface area (Å²) in [4.78, 5) is 14.1. The Balaban J connectivity index is 1.62. The highest BCUT2D eigenvalue weighted by Gasteiger charge is 2.43. The third-order valence-electron chi connectivity index (χ3n) is 4.72. The summed E-state index contributed by atoms with van der Waals surface area (Å²) in [5, 5.41) is 5.23. The molecule has 0 saturated heterocycles. The smallest absolute Gasteiger partial charge is 0.231 e. The molecule has 23 heavy (non-hydrogen) atoms. The molecule has 0 aliphatic heterocycles. The zero-order valence-corrected chi connectivity index (χ0v) is 14.3. The lowest BCUT2D eigenvalue weighted by Gasteiger charge is -2.26. The first kappa shape index (κ1) is 16.1. The summed E-state index contributed by atoms with van der Waals surface area (Å²) in [5.41, 5.74) is 0.893. The van der Waals surface area contributed by atoms with E-state index in [0.717, 1.165) is 37.9 Å². The molecule has 1 heterocycles. The molecule has 4 heteroatoms. The Kier molecular flexibility index (Phi) is 5.01. The van der Waals surface area contributed by atoms with Crippen molar-refractivity contribution in [2.75, 3.05) is 13.7 Å². The van der Waals surface area contributed by atoms with Crippen molar-refractivity contribution in [3.05, 3.63) is 52.2 Å². The van der Waals surface area contributed by atoms with Gasteiger partial charge in [0.1, 0.15) is 5.75 Å². The summed E-state index contributed by atoms with van der Waals surface area (Å²) in [6.45, 7) is 0.666. The van der Waals surface area contributed by atoms with E-state index in [1.807, 2.05) is 24.3 Å². The Labute approximate surface area is 141 Å². The van der Waals surface area contributed by atoms with Crippen molar-refractivity contribution in [1.82, 2.24) is 5.32 Å². The van der Waals surface area contributed by atoms with Crippen LogP contribution in [0.3, 0.4) is 0 Å². The highest BCUT2D eigenvalue weighted by molar-refractivity contribution is 7.10. The monoisotopic (exact) mass is 329 g/mol. The van der Waals surface area contributed by atoms with Crippen LogP contribution in [-0.4, -0.2) is 19.6 Å². The van der Waals surface area contributed by atoms with E-state index in [0.29, 0.717) is 6.54 Å². The largest absolute Gasteiger partial charge is 0.497 e. The fourth-order valence-corrected chi connectivity index (χ4v) is 4.42. The van der Waals surface area contributed by atoms with Crippen LogP contribution in [0.25, 0.3) is 0 Å². The predicted octanol–water partition coefficient (Wildman–Crippen LogP) is 3.93. The lowest BCUT2D eigenvalue weighted by molar-refractivity contribution is -0.126. The van der Waals surface area contributed by atoms with Crippen molar-refractivity contribution in [2.45, 2.75) is 37.5 Å². The molecular weight excluding hydrogens is 306 g/mol. The molecule has 122 valence electrons. The van der Waals surface area contributed by atoms with Crippen molar-refractivity contribution < 1.29 is 9.53 Å². The van der Waals surface area contributed by atoms with Gasteiger partial charge in [0.15, 0.2) is 0 Å². The van der Waals surface area contributed by atoms with E-state index in [1.54, 1.807) is 18.4 Å². The maximum Gasteiger partial charge on any atom is 0.231 e. The molecule has 1 amide bonds. The summed E-state index contributed by atoms with van der Waals surface area (Å²) in [7, 11) is 1.67. The molecule has 1 aliphatic rings. The van der Waals surface area contributed by atoms with Crippen LogP contribution >= 0.6 is 11.3 Å². The number of ether oxygens (including phenoxy) is 1. The Morgan fingerprint density at radius 2 is 2.09 bits per heavy atom. The molecule has 0 radical (unpaired) electrons. The van der Waals surface area contributed by atoms with Gasteiger partial charge >= 0.3 is 0 Å². The fourth-order valence-electron chi connectivity index (χ4n) is 3.43. The standard InChI is InChI=1S/C19H23NO2S/c1-22-16-7-4-6-15(14-16)9-12-20-18(21)19(10-2-3-11-19)17-8-5-13-23-17/h4-8,13-14H,2-3,9-12H2,1H3,(H,20,21). The van der Waals surface area contributed by atoms with Crippen LogP contribution in [0.1, 0.15) is 36.1 Å². The Morgan fingerprint density at radius 3 is 2.78 bits per heavy atom. The van der Waals surface area contributed by atoms with Gasteiger partial charge in [-0.25, -0.2) is 0 Å². The SMILES string of the molecule is COc1cccc(CCNC(=O)C2(c3cccs3)CCCC2)c1. The number of rotatable bonds is 6. The van der Waals surface area contributed by atoms with Crippen LogP contribution in [0.2, 0.25) is 0 Å². The lowest BCUT2D eigenvalue weighted by Crippen LogP contribution is -2.42. The molecule has 1 saturated carbocycles. The van der Waals surface area contributed by atoms with E-state index in [-0.39, 0.29) is 11.3 Å². The number of amides is 1. The molecule has 1 aromatic heterocycles. The number of hydrogen-bond acceptors (Lipinski definition) is 3. The number of benzene rings is 1. The van der Waals surface area contributed by atoms with E-state index >= 15 is 0 Å². The molecule has 1 fully saturated rings. The Bertz CT molecular complexity index is 645. The van der Waals surface area contributed by atoms with Crippen LogP contribution in [0.15, 0.2) is 41.8 Å². The van der Waals surface area contributed by atoms with Gasteiger partial charge in [-0.3, -0.25) is 4.79 Å². The average Bonchev–Trinajstić information content (AvgIpc) is 3.27. The number of hydrogen-bond donors (Lipinski definition) is 1. The maximum atomic E-state index is 12.8. The summed E-state index contributed by atoms with van der Waals surface area (Å²) in [6.07, 6.45) is 5.04. The van der Waals surface area contributed by atoms with Gasteiger partial charge in [-0.15, -0.1) is 11.3 Å². The number of carbonyl (C=O) groups is 1. The predicted molar refractivity (Wildman–Crippen MR) is 94.2 cm³/mol. The minimum Gasteiger partial charge on any atom is -0.497 e. The summed E-state index contributed by atoms with van der Waals surface area (Å²) >= 11 is 1.70. The second-order valence-corrected chi connectivity index (χ2v) is 7.07. The van der Waals surface area contributed by atoms with E-state index in [1.165, 1.54) is 10.4 Å². The molecule has 0 bridgehead atoms. The Hall–Kier alpha value is -1.81. The van der Waals surface area contributed by atoms with Crippen molar-refractivity contribution in [3.63, 3.8) is 0 Å². The van der Waals surface area contributed by atoms with E-state index in [4.69, 9.17) is 4.74 Å². The number of nitrogens with one attached hydrogen (secondary N) is 1. The minimum atomic E-state index is -0.289. The van der Waals surface area contributed by atoms with Crippen molar-refractivity contribution in [3.8, 4) is 5.75 Å². The molecule has 0 atom stereocenters. The lowest BCUT2D eigenvalue weighted by atomic mass is 9.83. The first-order chi connectivity index (χ1) is 11.2. The fraction of sp³-hybridized carbons (Fsp3) is 0.421. The first-order valence-electron chi connectivity index (χ1n) is 8.20. The van der Waals surface area contributed by atoms with Crippen molar-refractivity contribution in [1.29, 1.82) is 0 Å². The van der Waals surface area contributed by atoms with Gasteiger partial charge < -0.3 is 10.1 Å². The molecule has 1 N–H and O–H groups in total. The summed E-state index contributed by atoms with van der Waals surface area (Å²) in [6, 6.07) is 12.2.